The van der Waals surface area contributed by atoms with Gasteiger partial charge in [0.25, 0.3) is 0 Å². The Kier molecular flexibility index (Phi) is 9.35. The third-order valence-corrected chi connectivity index (χ3v) is 2.84. The summed E-state index contributed by atoms with van der Waals surface area (Å²) < 4.78 is 30.1. The fraction of sp³-hybridized carbons (Fsp3) is 0.800. The number of nitrogens with two attached hydrogens (primary N) is 1. The van der Waals surface area contributed by atoms with Gasteiger partial charge in [0.1, 0.15) is 6.61 Å². The van der Waals surface area contributed by atoms with Crippen molar-refractivity contribution in [3.63, 3.8) is 0 Å². The predicted octanol–water partition coefficient (Wildman–Crippen LogP) is -0.0364. The lowest BCUT2D eigenvalue weighted by Gasteiger charge is -2.19. The summed E-state index contributed by atoms with van der Waals surface area (Å²) in [6.07, 6.45) is -0.884. The van der Waals surface area contributed by atoms with Crippen LogP contribution in [0.1, 0.15) is 20.3 Å². The minimum atomic E-state index is -4.27. The second-order valence-electron chi connectivity index (χ2n) is 3.65. The number of hydrogen-bond donors (Lipinski definition) is 2. The first-order chi connectivity index (χ1) is 9.30. The third kappa shape index (κ3) is 9.88. The number of carbonyl (C=O) groups excluding carboxylic acids is 2. The van der Waals surface area contributed by atoms with Crippen LogP contribution in [-0.2, 0) is 32.7 Å². The third-order valence-electron chi connectivity index (χ3n) is 1.86. The van der Waals surface area contributed by atoms with E-state index in [1.165, 1.54) is 6.92 Å². The van der Waals surface area contributed by atoms with Crippen molar-refractivity contribution >= 4 is 19.8 Å². The number of phosphoric ester groups is 1. The summed E-state index contributed by atoms with van der Waals surface area (Å²) >= 11 is 0. The topological polar surface area (TPSA) is 134 Å². The summed E-state index contributed by atoms with van der Waals surface area (Å²) in [5.74, 6) is -1.13. The van der Waals surface area contributed by atoms with Gasteiger partial charge in [0.2, 0.25) is 0 Å². The van der Waals surface area contributed by atoms with Crippen LogP contribution in [0.4, 0.5) is 0 Å². The van der Waals surface area contributed by atoms with Crippen LogP contribution in [0.2, 0.25) is 0 Å². The molecule has 9 nitrogen and oxygen atoms in total. The number of rotatable bonds is 10. The van der Waals surface area contributed by atoms with E-state index in [1.54, 1.807) is 6.92 Å². The highest BCUT2D eigenvalue weighted by molar-refractivity contribution is 7.47. The molecule has 20 heavy (non-hydrogen) atoms. The van der Waals surface area contributed by atoms with Crippen molar-refractivity contribution in [1.29, 1.82) is 0 Å². The zero-order chi connectivity index (χ0) is 15.6. The van der Waals surface area contributed by atoms with Gasteiger partial charge < -0.3 is 20.1 Å². The van der Waals surface area contributed by atoms with Gasteiger partial charge in [-0.15, -0.1) is 0 Å². The average Bonchev–Trinajstić information content (AvgIpc) is 2.39. The monoisotopic (exact) mass is 313 g/mol. The molecule has 0 aliphatic rings. The van der Waals surface area contributed by atoms with Gasteiger partial charge in [-0.25, -0.2) is 4.57 Å². The van der Waals surface area contributed by atoms with Gasteiger partial charge in [0.15, 0.2) is 6.10 Å². The zero-order valence-electron chi connectivity index (χ0n) is 11.4. The van der Waals surface area contributed by atoms with Crippen molar-refractivity contribution in [3.05, 3.63) is 0 Å². The first-order valence-electron chi connectivity index (χ1n) is 5.95. The smallest absolute Gasteiger partial charge is 0.462 e. The predicted molar refractivity (Wildman–Crippen MR) is 67.6 cm³/mol. The lowest BCUT2D eigenvalue weighted by Crippen LogP contribution is -2.29. The molecular weight excluding hydrogens is 293 g/mol. The van der Waals surface area contributed by atoms with Crippen LogP contribution in [0, 0.1) is 0 Å². The maximum atomic E-state index is 11.4. The Morgan fingerprint density at radius 1 is 1.30 bits per heavy atom. The molecule has 0 radical (unpaired) electrons. The Morgan fingerprint density at radius 3 is 2.45 bits per heavy atom. The van der Waals surface area contributed by atoms with Crippen LogP contribution in [0.15, 0.2) is 0 Å². The molecule has 0 aromatic heterocycles. The fourth-order valence-electron chi connectivity index (χ4n) is 0.978. The van der Waals surface area contributed by atoms with Crippen molar-refractivity contribution in [3.8, 4) is 0 Å². The minimum Gasteiger partial charge on any atom is -0.462 e. The quantitative estimate of drug-likeness (QED) is 0.421. The second kappa shape index (κ2) is 9.84. The standard InChI is InChI=1S/C10H20NO8P/c1-3-10(13)19-9(6-16-8(2)12)7-18-20(14,15)17-5-4-11/h9H,3-7,11H2,1-2H3,(H,14,15)/t9-/m1/s1. The Balaban J connectivity index is 4.36. The summed E-state index contributed by atoms with van der Waals surface area (Å²) in [5.41, 5.74) is 5.12. The molecule has 118 valence electrons. The van der Waals surface area contributed by atoms with Gasteiger partial charge in [-0.1, -0.05) is 6.92 Å². The van der Waals surface area contributed by atoms with Crippen molar-refractivity contribution in [2.75, 3.05) is 26.4 Å². The summed E-state index contributed by atoms with van der Waals surface area (Å²) in [4.78, 5) is 31.1. The van der Waals surface area contributed by atoms with E-state index >= 15 is 0 Å². The lowest BCUT2D eigenvalue weighted by atomic mass is 10.4. The fourth-order valence-corrected chi connectivity index (χ4v) is 1.74. The number of ether oxygens (including phenoxy) is 2. The van der Waals surface area contributed by atoms with Gasteiger partial charge in [-0.2, -0.15) is 0 Å². The van der Waals surface area contributed by atoms with E-state index in [-0.39, 0.29) is 26.2 Å². The summed E-state index contributed by atoms with van der Waals surface area (Å²) in [7, 11) is -4.27. The van der Waals surface area contributed by atoms with Crippen molar-refractivity contribution < 1.29 is 37.6 Å². The van der Waals surface area contributed by atoms with Crippen LogP contribution >= 0.6 is 7.82 Å². The summed E-state index contributed by atoms with van der Waals surface area (Å²) in [6.45, 7) is 1.93. The maximum absolute atomic E-state index is 11.4. The van der Waals surface area contributed by atoms with Crippen LogP contribution in [0.3, 0.4) is 0 Å². The van der Waals surface area contributed by atoms with E-state index < -0.39 is 32.5 Å². The van der Waals surface area contributed by atoms with E-state index in [4.69, 9.17) is 10.5 Å². The van der Waals surface area contributed by atoms with E-state index in [0.717, 1.165) is 0 Å². The molecule has 0 aromatic rings. The van der Waals surface area contributed by atoms with Crippen LogP contribution in [0.5, 0.6) is 0 Å². The molecule has 0 fully saturated rings. The van der Waals surface area contributed by atoms with Crippen molar-refractivity contribution in [2.45, 2.75) is 26.4 Å². The molecule has 0 aliphatic heterocycles. The van der Waals surface area contributed by atoms with Gasteiger partial charge in [0.05, 0.1) is 13.2 Å². The maximum Gasteiger partial charge on any atom is 0.472 e. The molecule has 0 bridgehead atoms. The number of phosphoric acid groups is 1. The molecule has 0 heterocycles. The van der Waals surface area contributed by atoms with E-state index in [2.05, 4.69) is 13.8 Å². The van der Waals surface area contributed by atoms with Crippen molar-refractivity contribution in [1.82, 2.24) is 0 Å². The first kappa shape index (κ1) is 19.0. The average molecular weight is 313 g/mol. The van der Waals surface area contributed by atoms with E-state index in [0.29, 0.717) is 0 Å². The van der Waals surface area contributed by atoms with Gasteiger partial charge >= 0.3 is 19.8 Å². The molecule has 1 unspecified atom stereocenters. The highest BCUT2D eigenvalue weighted by Gasteiger charge is 2.25. The Morgan fingerprint density at radius 2 is 1.95 bits per heavy atom. The molecule has 0 rings (SSSR count). The normalized spacial score (nSPS) is 15.2. The van der Waals surface area contributed by atoms with Crippen molar-refractivity contribution in [2.24, 2.45) is 5.73 Å². The Hall–Kier alpha value is -0.990. The Bertz CT molecular complexity index is 361. The molecular formula is C10H20NO8P. The highest BCUT2D eigenvalue weighted by Crippen LogP contribution is 2.42. The van der Waals surface area contributed by atoms with Crippen LogP contribution in [-0.4, -0.2) is 49.3 Å². The summed E-state index contributed by atoms with van der Waals surface area (Å²) in [6, 6.07) is 0. The van der Waals surface area contributed by atoms with E-state index in [9.17, 15) is 19.0 Å². The molecule has 0 amide bonds. The molecule has 0 saturated carbocycles. The lowest BCUT2D eigenvalue weighted by molar-refractivity contribution is -0.159. The van der Waals surface area contributed by atoms with Gasteiger partial charge in [0, 0.05) is 19.9 Å². The molecule has 10 heteroatoms. The minimum absolute atomic E-state index is 0.0512. The molecule has 0 spiro atoms. The first-order valence-corrected chi connectivity index (χ1v) is 7.45. The molecule has 2 atom stereocenters. The molecule has 3 N–H and O–H groups in total. The second-order valence-corrected chi connectivity index (χ2v) is 5.11. The molecule has 0 aromatic carbocycles. The van der Waals surface area contributed by atoms with Crippen LogP contribution < -0.4 is 5.73 Å². The van der Waals surface area contributed by atoms with E-state index in [1.807, 2.05) is 0 Å². The number of esters is 2. The number of carbonyl (C=O) groups is 2. The van der Waals surface area contributed by atoms with Gasteiger partial charge in [-0.05, 0) is 0 Å². The zero-order valence-corrected chi connectivity index (χ0v) is 12.3. The number of hydrogen-bond acceptors (Lipinski definition) is 8. The molecule has 0 saturated heterocycles. The van der Waals surface area contributed by atoms with Crippen LogP contribution in [0.25, 0.3) is 0 Å². The molecule has 0 aliphatic carbocycles. The van der Waals surface area contributed by atoms with Gasteiger partial charge in [-0.3, -0.25) is 18.6 Å². The highest BCUT2D eigenvalue weighted by atomic mass is 31.2. The Labute approximate surface area is 116 Å². The SMILES string of the molecule is CCC(=O)O[C@H](COC(C)=O)COP(=O)(O)OCCN. The summed E-state index contributed by atoms with van der Waals surface area (Å²) in [5, 5.41) is 0. The largest absolute Gasteiger partial charge is 0.472 e.